The van der Waals surface area contributed by atoms with Crippen LogP contribution in [0, 0.1) is 0 Å². The van der Waals surface area contributed by atoms with Crippen molar-refractivity contribution >= 4 is 12.2 Å². The van der Waals surface area contributed by atoms with Crippen LogP contribution in [0.1, 0.15) is 0 Å². The van der Waals surface area contributed by atoms with Crippen LogP contribution in [-0.2, 0) is 0 Å². The van der Waals surface area contributed by atoms with E-state index in [0.717, 1.165) is 0 Å². The van der Waals surface area contributed by atoms with Crippen LogP contribution in [0.25, 0.3) is 0 Å². The molecule has 0 radical (unpaired) electrons. The topological polar surface area (TPSA) is 123 Å². The van der Waals surface area contributed by atoms with Crippen molar-refractivity contribution in [3.63, 3.8) is 0 Å². The molecule has 0 unspecified atom stereocenters. The summed E-state index contributed by atoms with van der Waals surface area (Å²) in [6.45, 7) is 0. The number of rotatable bonds is 2. The highest BCUT2D eigenvalue weighted by molar-refractivity contribution is 5.63. The SMILES string of the molecule is CNNC(=O)O.CNNC(=O)O. The maximum absolute atomic E-state index is 9.43. The van der Waals surface area contributed by atoms with Gasteiger partial charge in [-0.3, -0.25) is 10.9 Å². The molecule has 12 heavy (non-hydrogen) atoms. The van der Waals surface area contributed by atoms with Crippen molar-refractivity contribution in [1.29, 1.82) is 0 Å². The van der Waals surface area contributed by atoms with Crippen LogP contribution in [0.3, 0.4) is 0 Å². The molecule has 0 rings (SSSR count). The monoisotopic (exact) mass is 180 g/mol. The molecule has 72 valence electrons. The molecule has 0 aromatic rings. The number of hydrazine groups is 2. The quantitative estimate of drug-likeness (QED) is 0.296. The lowest BCUT2D eigenvalue weighted by Gasteiger charge is -1.90. The lowest BCUT2D eigenvalue weighted by atomic mass is 11.2. The van der Waals surface area contributed by atoms with Gasteiger partial charge in [0.2, 0.25) is 0 Å². The Kier molecular flexibility index (Phi) is 10.3. The van der Waals surface area contributed by atoms with Gasteiger partial charge in [0, 0.05) is 14.1 Å². The molecule has 0 fully saturated rings. The zero-order valence-corrected chi connectivity index (χ0v) is 6.71. The van der Waals surface area contributed by atoms with Crippen molar-refractivity contribution in [2.24, 2.45) is 0 Å². The fourth-order valence-corrected chi connectivity index (χ4v) is 0.214. The normalized spacial score (nSPS) is 7.50. The first kappa shape index (κ1) is 13.1. The Morgan fingerprint density at radius 1 is 0.917 bits per heavy atom. The number of nitrogens with one attached hydrogen (secondary N) is 4. The van der Waals surface area contributed by atoms with E-state index in [0.29, 0.717) is 0 Å². The third-order valence-electron chi connectivity index (χ3n) is 0.464. The lowest BCUT2D eigenvalue weighted by Crippen LogP contribution is -2.32. The average molecular weight is 180 g/mol. The molecule has 0 aliphatic carbocycles. The van der Waals surface area contributed by atoms with Gasteiger partial charge >= 0.3 is 12.2 Å². The maximum Gasteiger partial charge on any atom is 0.419 e. The Morgan fingerprint density at radius 2 is 1.17 bits per heavy atom. The average Bonchev–Trinajstić information content (AvgIpc) is 1.87. The third kappa shape index (κ3) is 23.7. The summed E-state index contributed by atoms with van der Waals surface area (Å²) < 4.78 is 0. The van der Waals surface area contributed by atoms with Gasteiger partial charge < -0.3 is 10.2 Å². The number of carbonyl (C=O) groups is 2. The first-order chi connectivity index (χ1) is 5.54. The molecule has 0 bridgehead atoms. The zero-order valence-electron chi connectivity index (χ0n) is 6.71. The molecule has 0 saturated heterocycles. The van der Waals surface area contributed by atoms with Crippen LogP contribution in [0.15, 0.2) is 0 Å². The highest BCUT2D eigenvalue weighted by atomic mass is 16.4. The van der Waals surface area contributed by atoms with Crippen LogP contribution in [0.5, 0.6) is 0 Å². The van der Waals surface area contributed by atoms with E-state index in [1.807, 2.05) is 10.9 Å². The molecule has 0 aromatic heterocycles. The lowest BCUT2D eigenvalue weighted by molar-refractivity contribution is 0.189. The summed E-state index contributed by atoms with van der Waals surface area (Å²) in [6.07, 6.45) is -2.14. The predicted octanol–water partition coefficient (Wildman–Crippen LogP) is -1.22. The molecular formula is C4H12N4O4. The van der Waals surface area contributed by atoms with Crippen molar-refractivity contribution in [3.05, 3.63) is 0 Å². The summed E-state index contributed by atoms with van der Waals surface area (Å²) >= 11 is 0. The minimum atomic E-state index is -1.07. The smallest absolute Gasteiger partial charge is 0.419 e. The fraction of sp³-hybridized carbons (Fsp3) is 0.500. The molecule has 0 heterocycles. The Hall–Kier alpha value is -1.54. The number of hydrogen-bond donors (Lipinski definition) is 6. The minimum Gasteiger partial charge on any atom is -0.464 e. The van der Waals surface area contributed by atoms with E-state index >= 15 is 0 Å². The second kappa shape index (κ2) is 9.46. The van der Waals surface area contributed by atoms with Gasteiger partial charge in [-0.15, -0.1) is 0 Å². The fourth-order valence-electron chi connectivity index (χ4n) is 0.214. The van der Waals surface area contributed by atoms with Crippen molar-refractivity contribution in [3.8, 4) is 0 Å². The van der Waals surface area contributed by atoms with Gasteiger partial charge in [-0.2, -0.15) is 0 Å². The summed E-state index contributed by atoms with van der Waals surface area (Å²) in [5.41, 5.74) is 8.19. The van der Waals surface area contributed by atoms with Crippen LogP contribution in [0.2, 0.25) is 0 Å². The van der Waals surface area contributed by atoms with E-state index in [-0.39, 0.29) is 0 Å². The van der Waals surface area contributed by atoms with Crippen LogP contribution >= 0.6 is 0 Å². The Morgan fingerprint density at radius 3 is 1.17 bits per heavy atom. The number of hydrogen-bond acceptors (Lipinski definition) is 4. The molecule has 0 aliphatic rings. The molecular weight excluding hydrogens is 168 g/mol. The second-order valence-electron chi connectivity index (χ2n) is 1.36. The molecule has 8 nitrogen and oxygen atoms in total. The molecule has 0 aliphatic heterocycles. The summed E-state index contributed by atoms with van der Waals surface area (Å²) in [6, 6.07) is 0. The molecule has 0 atom stereocenters. The highest BCUT2D eigenvalue weighted by Crippen LogP contribution is 1.47. The number of amides is 2. The van der Waals surface area contributed by atoms with Gasteiger partial charge in [0.15, 0.2) is 0 Å². The number of carboxylic acid groups (broad SMARTS) is 2. The molecule has 0 saturated carbocycles. The first-order valence-corrected chi connectivity index (χ1v) is 2.86. The molecule has 6 N–H and O–H groups in total. The summed E-state index contributed by atoms with van der Waals surface area (Å²) in [5, 5.41) is 15.5. The van der Waals surface area contributed by atoms with Gasteiger partial charge in [0.1, 0.15) is 0 Å². The van der Waals surface area contributed by atoms with Gasteiger partial charge in [-0.1, -0.05) is 0 Å². The maximum atomic E-state index is 9.43. The van der Waals surface area contributed by atoms with E-state index in [1.165, 1.54) is 14.1 Å². The Bertz CT molecular complexity index is 123. The van der Waals surface area contributed by atoms with Crippen LogP contribution < -0.4 is 21.7 Å². The van der Waals surface area contributed by atoms with E-state index < -0.39 is 12.2 Å². The van der Waals surface area contributed by atoms with Crippen LogP contribution in [-0.4, -0.2) is 36.5 Å². The van der Waals surface area contributed by atoms with Crippen molar-refractivity contribution in [1.82, 2.24) is 21.7 Å². The van der Waals surface area contributed by atoms with E-state index in [1.54, 1.807) is 0 Å². The van der Waals surface area contributed by atoms with Gasteiger partial charge in [0.05, 0.1) is 0 Å². The van der Waals surface area contributed by atoms with Crippen molar-refractivity contribution in [2.45, 2.75) is 0 Å². The molecule has 2 amide bonds. The van der Waals surface area contributed by atoms with E-state index in [9.17, 15) is 9.59 Å². The van der Waals surface area contributed by atoms with Gasteiger partial charge in [-0.25, -0.2) is 20.4 Å². The molecule has 0 aromatic carbocycles. The summed E-state index contributed by atoms with van der Waals surface area (Å²) in [7, 11) is 2.96. The Labute approximate surface area is 68.9 Å². The van der Waals surface area contributed by atoms with Crippen LogP contribution in [0.4, 0.5) is 9.59 Å². The second-order valence-corrected chi connectivity index (χ2v) is 1.36. The largest absolute Gasteiger partial charge is 0.464 e. The highest BCUT2D eigenvalue weighted by Gasteiger charge is 1.82. The van der Waals surface area contributed by atoms with Crippen molar-refractivity contribution in [2.75, 3.05) is 14.1 Å². The van der Waals surface area contributed by atoms with E-state index in [2.05, 4.69) is 10.9 Å². The Balaban J connectivity index is 0. The summed E-state index contributed by atoms with van der Waals surface area (Å²) in [5.74, 6) is 0. The van der Waals surface area contributed by atoms with Gasteiger partial charge in [0.25, 0.3) is 0 Å². The predicted molar refractivity (Wildman–Crippen MR) is 40.4 cm³/mol. The zero-order chi connectivity index (χ0) is 9.98. The minimum absolute atomic E-state index is 1.07. The standard InChI is InChI=1S/2C2H6N2O2/c2*1-3-4-2(5)6/h2*3-4H,1H3,(H,5,6). The van der Waals surface area contributed by atoms with Gasteiger partial charge in [-0.05, 0) is 0 Å². The van der Waals surface area contributed by atoms with E-state index in [4.69, 9.17) is 10.2 Å². The third-order valence-corrected chi connectivity index (χ3v) is 0.464. The molecule has 8 heteroatoms. The summed E-state index contributed by atoms with van der Waals surface area (Å²) in [4.78, 5) is 18.9. The van der Waals surface area contributed by atoms with Crippen molar-refractivity contribution < 1.29 is 19.8 Å². The molecule has 0 spiro atoms. The first-order valence-electron chi connectivity index (χ1n) is 2.86.